The van der Waals surface area contributed by atoms with Crippen molar-refractivity contribution in [2.75, 3.05) is 19.7 Å². The van der Waals surface area contributed by atoms with E-state index < -0.39 is 12.2 Å². The van der Waals surface area contributed by atoms with E-state index in [2.05, 4.69) is 5.32 Å². The Bertz CT molecular complexity index is 366. The van der Waals surface area contributed by atoms with E-state index in [1.54, 1.807) is 6.92 Å². The van der Waals surface area contributed by atoms with Crippen molar-refractivity contribution in [1.29, 1.82) is 0 Å². The van der Waals surface area contributed by atoms with Gasteiger partial charge < -0.3 is 20.3 Å². The van der Waals surface area contributed by atoms with E-state index >= 15 is 0 Å². The molecule has 2 atom stereocenters. The average molecular weight is 253 g/mol. The van der Waals surface area contributed by atoms with Crippen molar-refractivity contribution in [3.63, 3.8) is 0 Å². The van der Waals surface area contributed by atoms with Gasteiger partial charge in [-0.2, -0.15) is 0 Å². The molecule has 0 aliphatic carbocycles. The first kappa shape index (κ1) is 15.0. The average Bonchev–Trinajstić information content (AvgIpc) is 2.31. The molecule has 0 heterocycles. The predicted molar refractivity (Wildman–Crippen MR) is 71.9 cm³/mol. The highest BCUT2D eigenvalue weighted by Gasteiger charge is 2.13. The molecule has 0 amide bonds. The Hall–Kier alpha value is -1.10. The highest BCUT2D eigenvalue weighted by molar-refractivity contribution is 5.38. The summed E-state index contributed by atoms with van der Waals surface area (Å²) >= 11 is 0. The van der Waals surface area contributed by atoms with Crippen LogP contribution in [0, 0.1) is 6.92 Å². The molecule has 0 aliphatic rings. The molecule has 4 heteroatoms. The maximum atomic E-state index is 10.1. The molecule has 2 unspecified atom stereocenters. The van der Waals surface area contributed by atoms with Gasteiger partial charge in [0.05, 0.1) is 18.8 Å². The van der Waals surface area contributed by atoms with Crippen molar-refractivity contribution in [2.24, 2.45) is 0 Å². The van der Waals surface area contributed by atoms with Gasteiger partial charge in [-0.15, -0.1) is 0 Å². The fourth-order valence-electron chi connectivity index (χ4n) is 1.75. The number of hydrogen-bond acceptors (Lipinski definition) is 4. The SMILES string of the molecule is CCOc1ccc(C)cc1C(O)CNCC(C)O. The first-order valence-corrected chi connectivity index (χ1v) is 6.34. The van der Waals surface area contributed by atoms with E-state index in [4.69, 9.17) is 9.84 Å². The Kier molecular flexibility index (Phi) is 6.12. The van der Waals surface area contributed by atoms with Gasteiger partial charge in [0.15, 0.2) is 0 Å². The van der Waals surface area contributed by atoms with Gasteiger partial charge in [-0.25, -0.2) is 0 Å². The van der Waals surface area contributed by atoms with Crippen LogP contribution < -0.4 is 10.1 Å². The zero-order chi connectivity index (χ0) is 13.5. The first-order chi connectivity index (χ1) is 8.54. The minimum Gasteiger partial charge on any atom is -0.493 e. The normalized spacial score (nSPS) is 14.3. The molecule has 102 valence electrons. The summed E-state index contributed by atoms with van der Waals surface area (Å²) in [6.45, 7) is 7.04. The number of aliphatic hydroxyl groups excluding tert-OH is 2. The second kappa shape index (κ2) is 7.36. The van der Waals surface area contributed by atoms with Crippen LogP contribution in [0.25, 0.3) is 0 Å². The number of hydrogen-bond donors (Lipinski definition) is 3. The number of aliphatic hydroxyl groups is 2. The Labute approximate surface area is 109 Å². The minimum atomic E-state index is -0.634. The summed E-state index contributed by atoms with van der Waals surface area (Å²) in [7, 11) is 0. The van der Waals surface area contributed by atoms with Crippen LogP contribution in [0.2, 0.25) is 0 Å². The van der Waals surface area contributed by atoms with Gasteiger partial charge in [-0.3, -0.25) is 0 Å². The number of ether oxygens (including phenoxy) is 1. The number of benzene rings is 1. The summed E-state index contributed by atoms with van der Waals surface area (Å²) in [6, 6.07) is 5.77. The molecule has 3 N–H and O–H groups in total. The number of nitrogens with one attached hydrogen (secondary N) is 1. The highest BCUT2D eigenvalue weighted by Crippen LogP contribution is 2.26. The smallest absolute Gasteiger partial charge is 0.125 e. The quantitative estimate of drug-likeness (QED) is 0.687. The third-order valence-electron chi connectivity index (χ3n) is 2.60. The molecule has 0 spiro atoms. The van der Waals surface area contributed by atoms with Crippen LogP contribution in [-0.4, -0.2) is 36.0 Å². The fraction of sp³-hybridized carbons (Fsp3) is 0.571. The van der Waals surface area contributed by atoms with Gasteiger partial charge in [-0.05, 0) is 32.9 Å². The summed E-state index contributed by atoms with van der Waals surface area (Å²) in [4.78, 5) is 0. The molecular formula is C14H23NO3. The van der Waals surface area contributed by atoms with Gasteiger partial charge >= 0.3 is 0 Å². The molecule has 0 saturated heterocycles. The zero-order valence-electron chi connectivity index (χ0n) is 11.3. The molecule has 0 aromatic heterocycles. The largest absolute Gasteiger partial charge is 0.493 e. The van der Waals surface area contributed by atoms with Crippen LogP contribution in [0.15, 0.2) is 18.2 Å². The fourth-order valence-corrected chi connectivity index (χ4v) is 1.75. The zero-order valence-corrected chi connectivity index (χ0v) is 11.3. The van der Waals surface area contributed by atoms with E-state index in [0.29, 0.717) is 19.7 Å². The van der Waals surface area contributed by atoms with Gasteiger partial charge in [0.25, 0.3) is 0 Å². The third-order valence-corrected chi connectivity index (χ3v) is 2.60. The maximum absolute atomic E-state index is 10.1. The standard InChI is InChI=1S/C14H23NO3/c1-4-18-14-6-5-10(2)7-12(14)13(17)9-15-8-11(3)16/h5-7,11,13,15-17H,4,8-9H2,1-3H3. The lowest BCUT2D eigenvalue weighted by molar-refractivity contribution is 0.151. The van der Waals surface area contributed by atoms with E-state index in [9.17, 15) is 5.11 Å². The van der Waals surface area contributed by atoms with Crippen molar-refractivity contribution in [3.8, 4) is 5.75 Å². The molecule has 0 bridgehead atoms. The lowest BCUT2D eigenvalue weighted by Crippen LogP contribution is -2.28. The summed E-state index contributed by atoms with van der Waals surface area (Å²) in [5.41, 5.74) is 1.87. The first-order valence-electron chi connectivity index (χ1n) is 6.34. The van der Waals surface area contributed by atoms with Crippen LogP contribution in [0.1, 0.15) is 31.1 Å². The highest BCUT2D eigenvalue weighted by atomic mass is 16.5. The third kappa shape index (κ3) is 4.64. The Morgan fingerprint density at radius 2 is 2.00 bits per heavy atom. The van der Waals surface area contributed by atoms with Crippen molar-refractivity contribution in [2.45, 2.75) is 33.0 Å². The minimum absolute atomic E-state index is 0.397. The van der Waals surface area contributed by atoms with Crippen molar-refractivity contribution >= 4 is 0 Å². The van der Waals surface area contributed by atoms with Gasteiger partial charge in [0.2, 0.25) is 0 Å². The second-order valence-corrected chi connectivity index (χ2v) is 4.50. The van der Waals surface area contributed by atoms with E-state index in [0.717, 1.165) is 16.9 Å². The van der Waals surface area contributed by atoms with Crippen LogP contribution in [0.4, 0.5) is 0 Å². The molecule has 0 fully saturated rings. The molecule has 1 aromatic rings. The monoisotopic (exact) mass is 253 g/mol. The predicted octanol–water partition coefficient (Wildman–Crippen LogP) is 1.40. The number of rotatable bonds is 7. The summed E-state index contributed by atoms with van der Waals surface area (Å²) in [5.74, 6) is 0.717. The van der Waals surface area contributed by atoms with Gasteiger partial charge in [0.1, 0.15) is 5.75 Å². The number of aryl methyl sites for hydroxylation is 1. The summed E-state index contributed by atoms with van der Waals surface area (Å²) < 4.78 is 5.50. The molecule has 18 heavy (non-hydrogen) atoms. The second-order valence-electron chi connectivity index (χ2n) is 4.50. The van der Waals surface area contributed by atoms with E-state index in [1.807, 2.05) is 32.0 Å². The maximum Gasteiger partial charge on any atom is 0.125 e. The van der Waals surface area contributed by atoms with Gasteiger partial charge in [-0.1, -0.05) is 11.6 Å². The topological polar surface area (TPSA) is 61.7 Å². The van der Waals surface area contributed by atoms with Gasteiger partial charge in [0, 0.05) is 18.7 Å². The van der Waals surface area contributed by atoms with E-state index in [-0.39, 0.29) is 0 Å². The van der Waals surface area contributed by atoms with Crippen LogP contribution in [0.5, 0.6) is 5.75 Å². The van der Waals surface area contributed by atoms with Crippen molar-refractivity contribution in [1.82, 2.24) is 5.32 Å². The Morgan fingerprint density at radius 3 is 2.61 bits per heavy atom. The molecule has 1 aromatic carbocycles. The van der Waals surface area contributed by atoms with Crippen molar-refractivity contribution < 1.29 is 14.9 Å². The lowest BCUT2D eigenvalue weighted by atomic mass is 10.1. The molecule has 0 radical (unpaired) electrons. The molecule has 4 nitrogen and oxygen atoms in total. The Balaban J connectivity index is 2.70. The summed E-state index contributed by atoms with van der Waals surface area (Å²) in [6.07, 6.45) is -1.05. The molecule has 1 rings (SSSR count). The molecule has 0 aliphatic heterocycles. The molecule has 0 saturated carbocycles. The molecular weight excluding hydrogens is 230 g/mol. The van der Waals surface area contributed by atoms with Crippen molar-refractivity contribution in [3.05, 3.63) is 29.3 Å². The Morgan fingerprint density at radius 1 is 1.28 bits per heavy atom. The van der Waals surface area contributed by atoms with Crippen LogP contribution in [-0.2, 0) is 0 Å². The lowest BCUT2D eigenvalue weighted by Gasteiger charge is -2.17. The summed E-state index contributed by atoms with van der Waals surface area (Å²) in [5, 5.41) is 22.3. The van der Waals surface area contributed by atoms with E-state index in [1.165, 1.54) is 0 Å². The van der Waals surface area contributed by atoms with Crippen LogP contribution in [0.3, 0.4) is 0 Å². The van der Waals surface area contributed by atoms with Crippen LogP contribution >= 0.6 is 0 Å².